The molecule has 11 heteroatoms. The zero-order chi connectivity index (χ0) is 32.7. The zero-order valence-electron chi connectivity index (χ0n) is 25.8. The summed E-state index contributed by atoms with van der Waals surface area (Å²) in [5, 5.41) is 2.94. The molecule has 1 unspecified atom stereocenters. The van der Waals surface area contributed by atoms with Crippen LogP contribution in [-0.4, -0.2) is 36.8 Å². The van der Waals surface area contributed by atoms with Crippen LogP contribution in [0.25, 0.3) is 16.8 Å². The van der Waals surface area contributed by atoms with Gasteiger partial charge in [0, 0.05) is 27.1 Å². The molecule has 9 nitrogen and oxygen atoms in total. The number of hydrogen-bond acceptors (Lipinski definition) is 5. The van der Waals surface area contributed by atoms with Crippen LogP contribution in [0.5, 0.6) is 5.75 Å². The van der Waals surface area contributed by atoms with Crippen LogP contribution in [0.1, 0.15) is 34.1 Å². The molecule has 0 bridgehead atoms. The van der Waals surface area contributed by atoms with Gasteiger partial charge in [-0.3, -0.25) is 18.6 Å². The van der Waals surface area contributed by atoms with Gasteiger partial charge in [-0.25, -0.2) is 13.1 Å². The van der Waals surface area contributed by atoms with E-state index in [1.165, 1.54) is 35.5 Å². The van der Waals surface area contributed by atoms with E-state index in [0.29, 0.717) is 11.4 Å². The second-order valence-corrected chi connectivity index (χ2v) is 13.7. The predicted octanol–water partition coefficient (Wildman–Crippen LogP) is 5.88. The van der Waals surface area contributed by atoms with E-state index < -0.39 is 21.5 Å². The molecule has 46 heavy (non-hydrogen) atoms. The molecule has 0 spiro atoms. The van der Waals surface area contributed by atoms with Crippen LogP contribution in [0.15, 0.2) is 101 Å². The standard InChI is InChI=1S/C35H33ClN4O5S/c1-22-18-27-19-26(14-17-32(27)45-22)25-12-10-24(11-13-25)21-37-34(41)30-20-29(15-16-31(30)36)46(43,44)39(4)33-23(2)38(3)40(35(33)42)28-8-6-5-7-9-28/h5-17,19-20,22H,18,21H2,1-4H3,(H,37,41). The molecule has 4 aromatic carbocycles. The third kappa shape index (κ3) is 5.70. The lowest BCUT2D eigenvalue weighted by Crippen LogP contribution is -2.32. The molecule has 0 radical (unpaired) electrons. The van der Waals surface area contributed by atoms with Gasteiger partial charge in [0.15, 0.2) is 0 Å². The van der Waals surface area contributed by atoms with Crippen molar-refractivity contribution in [3.05, 3.63) is 129 Å². The second kappa shape index (κ2) is 12.2. The van der Waals surface area contributed by atoms with E-state index in [1.807, 2.05) is 42.5 Å². The lowest BCUT2D eigenvalue weighted by Gasteiger charge is -2.19. The highest BCUT2D eigenvalue weighted by Gasteiger charge is 2.30. The van der Waals surface area contributed by atoms with Gasteiger partial charge in [0.05, 0.1) is 26.9 Å². The van der Waals surface area contributed by atoms with Crippen LogP contribution < -0.4 is 19.9 Å². The fourth-order valence-electron chi connectivity index (χ4n) is 5.73. The fourth-order valence-corrected chi connectivity index (χ4v) is 7.21. The van der Waals surface area contributed by atoms with Crippen molar-refractivity contribution in [3.63, 3.8) is 0 Å². The maximum absolute atomic E-state index is 13.8. The van der Waals surface area contributed by atoms with Gasteiger partial charge < -0.3 is 10.1 Å². The number of sulfonamides is 1. The van der Waals surface area contributed by atoms with E-state index in [4.69, 9.17) is 16.3 Å². The molecular formula is C35H33ClN4O5S. The molecule has 0 saturated heterocycles. The Morgan fingerprint density at radius 2 is 1.70 bits per heavy atom. The number of nitrogens with zero attached hydrogens (tertiary/aromatic N) is 3. The predicted molar refractivity (Wildman–Crippen MR) is 180 cm³/mol. The Morgan fingerprint density at radius 1 is 1.00 bits per heavy atom. The fraction of sp³-hybridized carbons (Fsp3) is 0.200. The maximum Gasteiger partial charge on any atom is 0.296 e. The van der Waals surface area contributed by atoms with Gasteiger partial charge in [-0.2, -0.15) is 0 Å². The quantitative estimate of drug-likeness (QED) is 0.225. The first kappa shape index (κ1) is 31.2. The van der Waals surface area contributed by atoms with E-state index in [2.05, 4.69) is 18.3 Å². The Balaban J connectivity index is 1.19. The number of nitrogens with one attached hydrogen (secondary N) is 1. The molecule has 1 aliphatic heterocycles. The Kier molecular flexibility index (Phi) is 8.26. The van der Waals surface area contributed by atoms with Crippen molar-refractivity contribution in [3.8, 4) is 22.6 Å². The van der Waals surface area contributed by atoms with Crippen LogP contribution >= 0.6 is 11.6 Å². The molecule has 1 amide bonds. The highest BCUT2D eigenvalue weighted by Crippen LogP contribution is 2.33. The number of rotatable bonds is 8. The van der Waals surface area contributed by atoms with Crippen LogP contribution in [0.4, 0.5) is 5.69 Å². The van der Waals surface area contributed by atoms with Gasteiger partial charge >= 0.3 is 0 Å². The molecule has 0 fully saturated rings. The molecule has 1 atom stereocenters. The number of amides is 1. The first-order chi connectivity index (χ1) is 22.0. The average molecular weight is 657 g/mol. The minimum atomic E-state index is -4.24. The minimum absolute atomic E-state index is 0.00136. The Labute approximate surface area is 272 Å². The molecule has 1 aliphatic rings. The average Bonchev–Trinajstić information content (AvgIpc) is 3.53. The number of halogens is 1. The van der Waals surface area contributed by atoms with Gasteiger partial charge in [0.1, 0.15) is 17.5 Å². The zero-order valence-corrected chi connectivity index (χ0v) is 27.4. The summed E-state index contributed by atoms with van der Waals surface area (Å²) < 4.78 is 37.3. The lowest BCUT2D eigenvalue weighted by atomic mass is 10.00. The summed E-state index contributed by atoms with van der Waals surface area (Å²) >= 11 is 6.36. The number of fused-ring (bicyclic) bond motifs is 1. The van der Waals surface area contributed by atoms with E-state index in [9.17, 15) is 18.0 Å². The summed E-state index contributed by atoms with van der Waals surface area (Å²) in [6, 6.07) is 26.9. The van der Waals surface area contributed by atoms with Crippen molar-refractivity contribution in [1.29, 1.82) is 0 Å². The Hall–Kier alpha value is -4.80. The van der Waals surface area contributed by atoms with Crippen LogP contribution in [0.2, 0.25) is 5.02 Å². The first-order valence-corrected chi connectivity index (χ1v) is 16.6. The minimum Gasteiger partial charge on any atom is -0.490 e. The molecule has 0 aliphatic carbocycles. The van der Waals surface area contributed by atoms with Crippen molar-refractivity contribution < 1.29 is 17.9 Å². The van der Waals surface area contributed by atoms with Gasteiger partial charge in [-0.05, 0) is 78.6 Å². The number of ether oxygens (including phenoxy) is 1. The summed E-state index contributed by atoms with van der Waals surface area (Å²) in [5.41, 5.74) is 4.77. The van der Waals surface area contributed by atoms with Crippen molar-refractivity contribution in [2.45, 2.75) is 37.8 Å². The van der Waals surface area contributed by atoms with Crippen LogP contribution in [0.3, 0.4) is 0 Å². The highest BCUT2D eigenvalue weighted by molar-refractivity contribution is 7.92. The Bertz CT molecular complexity index is 2120. The molecule has 0 saturated carbocycles. The van der Waals surface area contributed by atoms with Gasteiger partial charge in [0.25, 0.3) is 21.5 Å². The molecule has 236 valence electrons. The van der Waals surface area contributed by atoms with Crippen molar-refractivity contribution in [1.82, 2.24) is 14.7 Å². The highest BCUT2D eigenvalue weighted by atomic mass is 35.5. The topological polar surface area (TPSA) is 103 Å². The first-order valence-electron chi connectivity index (χ1n) is 14.8. The maximum atomic E-state index is 13.8. The monoisotopic (exact) mass is 656 g/mol. The number of hydrogen-bond donors (Lipinski definition) is 1. The van der Waals surface area contributed by atoms with E-state index in [0.717, 1.165) is 33.2 Å². The number of benzene rings is 4. The summed E-state index contributed by atoms with van der Waals surface area (Å²) in [6.07, 6.45) is 1.06. The van der Waals surface area contributed by atoms with E-state index >= 15 is 0 Å². The van der Waals surface area contributed by atoms with Gasteiger partial charge in [-0.1, -0.05) is 60.1 Å². The molecule has 6 rings (SSSR count). The number of carbonyl (C=O) groups is 1. The smallest absolute Gasteiger partial charge is 0.296 e. The third-order valence-electron chi connectivity index (χ3n) is 8.32. The molecule has 5 aromatic rings. The summed E-state index contributed by atoms with van der Waals surface area (Å²) in [6.45, 7) is 3.94. The number of aromatic nitrogens is 2. The summed E-state index contributed by atoms with van der Waals surface area (Å²) in [4.78, 5) is 26.5. The second-order valence-electron chi connectivity index (χ2n) is 11.4. The Morgan fingerprint density at radius 3 is 2.41 bits per heavy atom. The summed E-state index contributed by atoms with van der Waals surface area (Å²) in [7, 11) is -1.23. The number of para-hydroxylation sites is 1. The molecule has 2 heterocycles. The molecule has 1 aromatic heterocycles. The van der Waals surface area contributed by atoms with Crippen molar-refractivity contribution >= 4 is 33.2 Å². The third-order valence-corrected chi connectivity index (χ3v) is 10.4. The lowest BCUT2D eigenvalue weighted by molar-refractivity contribution is 0.0951. The number of carbonyl (C=O) groups excluding carboxylic acids is 1. The van der Waals surface area contributed by atoms with Gasteiger partial charge in [-0.15, -0.1) is 0 Å². The summed E-state index contributed by atoms with van der Waals surface area (Å²) in [5.74, 6) is 0.406. The van der Waals surface area contributed by atoms with Crippen LogP contribution in [-0.2, 0) is 30.0 Å². The molecule has 1 N–H and O–H groups in total. The normalized spacial score (nSPS) is 14.1. The largest absolute Gasteiger partial charge is 0.490 e. The van der Waals surface area contributed by atoms with E-state index in [1.54, 1.807) is 42.9 Å². The van der Waals surface area contributed by atoms with Crippen LogP contribution in [0, 0.1) is 6.92 Å². The van der Waals surface area contributed by atoms with Crippen molar-refractivity contribution in [2.75, 3.05) is 11.4 Å². The van der Waals surface area contributed by atoms with E-state index in [-0.39, 0.29) is 33.8 Å². The SMILES string of the molecule is Cc1c(N(C)S(=O)(=O)c2ccc(Cl)c(C(=O)NCc3ccc(-c4ccc5c(c4)CC(C)O5)cc3)c2)c(=O)n(-c2ccccc2)n1C. The van der Waals surface area contributed by atoms with Gasteiger partial charge in [0.2, 0.25) is 0 Å². The number of anilines is 1. The molecular weight excluding hydrogens is 624 g/mol. The van der Waals surface area contributed by atoms with Crippen molar-refractivity contribution in [2.24, 2.45) is 7.05 Å².